The molecule has 0 aromatic carbocycles. The summed E-state index contributed by atoms with van der Waals surface area (Å²) in [5, 5.41) is 7.25. The highest BCUT2D eigenvalue weighted by Crippen LogP contribution is 2.23. The van der Waals surface area contributed by atoms with Crippen LogP contribution < -0.4 is 19.9 Å². The maximum absolute atomic E-state index is 12.9. The lowest BCUT2D eigenvalue weighted by molar-refractivity contribution is -0.125. The van der Waals surface area contributed by atoms with Gasteiger partial charge in [0.15, 0.2) is 5.82 Å². The molecule has 1 amide bonds. The lowest BCUT2D eigenvalue weighted by atomic mass is 9.97. The normalized spacial score (nSPS) is 18.8. The maximum atomic E-state index is 12.9. The number of amides is 1. The SMILES string of the molecule is CN1CCN(c2cc(OCCNC(=O)C3CCCN(c4cc(-n5cccn5)ncn4)C3)ncn2)CC1. The summed E-state index contributed by atoms with van der Waals surface area (Å²) in [5.41, 5.74) is 0. The van der Waals surface area contributed by atoms with E-state index in [-0.39, 0.29) is 11.8 Å². The molecule has 2 fully saturated rings. The smallest absolute Gasteiger partial charge is 0.225 e. The number of piperidine rings is 1. The Hall–Kier alpha value is -3.80. The van der Waals surface area contributed by atoms with Crippen LogP contribution in [0.5, 0.6) is 5.88 Å². The van der Waals surface area contributed by atoms with E-state index in [0.717, 1.165) is 57.2 Å². The third kappa shape index (κ3) is 5.88. The first-order valence-electron chi connectivity index (χ1n) is 12.4. The summed E-state index contributed by atoms with van der Waals surface area (Å²) in [7, 11) is 2.12. The van der Waals surface area contributed by atoms with Gasteiger partial charge in [-0.3, -0.25) is 4.79 Å². The Balaban J connectivity index is 1.09. The number of hydrogen-bond acceptors (Lipinski definition) is 10. The molecule has 1 atom stereocenters. The van der Waals surface area contributed by atoms with Gasteiger partial charge in [-0.05, 0) is 26.0 Å². The zero-order valence-electron chi connectivity index (χ0n) is 20.5. The summed E-state index contributed by atoms with van der Waals surface area (Å²) in [4.78, 5) is 36.9. The van der Waals surface area contributed by atoms with Gasteiger partial charge in [0.25, 0.3) is 0 Å². The fourth-order valence-corrected chi connectivity index (χ4v) is 4.53. The summed E-state index contributed by atoms with van der Waals surface area (Å²) in [6.07, 6.45) is 8.39. The summed E-state index contributed by atoms with van der Waals surface area (Å²) in [5.74, 6) is 2.83. The molecule has 0 radical (unpaired) electrons. The molecule has 2 saturated heterocycles. The van der Waals surface area contributed by atoms with E-state index < -0.39 is 0 Å². The summed E-state index contributed by atoms with van der Waals surface area (Å²) in [6, 6.07) is 5.62. The number of carbonyl (C=O) groups is 1. The van der Waals surface area contributed by atoms with E-state index in [1.54, 1.807) is 10.9 Å². The van der Waals surface area contributed by atoms with E-state index in [9.17, 15) is 4.79 Å². The molecule has 0 aliphatic carbocycles. The van der Waals surface area contributed by atoms with Gasteiger partial charge in [-0.1, -0.05) is 0 Å². The van der Waals surface area contributed by atoms with Crippen molar-refractivity contribution >= 4 is 17.5 Å². The predicted molar refractivity (Wildman–Crippen MR) is 134 cm³/mol. The molecule has 2 aliphatic rings. The molecule has 3 aromatic heterocycles. The summed E-state index contributed by atoms with van der Waals surface area (Å²) < 4.78 is 7.50. The van der Waals surface area contributed by atoms with Crippen LogP contribution in [0.25, 0.3) is 5.82 Å². The number of nitrogens with zero attached hydrogens (tertiary/aromatic N) is 9. The Kier molecular flexibility index (Phi) is 7.50. The fourth-order valence-electron chi connectivity index (χ4n) is 4.53. The van der Waals surface area contributed by atoms with E-state index in [1.165, 1.54) is 12.7 Å². The molecule has 1 N–H and O–H groups in total. The second-order valence-corrected chi connectivity index (χ2v) is 9.11. The molecule has 190 valence electrons. The first-order chi connectivity index (χ1) is 17.7. The Morgan fingerprint density at radius 1 is 1.00 bits per heavy atom. The van der Waals surface area contributed by atoms with Crippen molar-refractivity contribution in [1.29, 1.82) is 0 Å². The number of aromatic nitrogens is 6. The average molecular weight is 493 g/mol. The number of nitrogens with one attached hydrogen (secondary N) is 1. The van der Waals surface area contributed by atoms with E-state index in [2.05, 4.69) is 52.1 Å². The van der Waals surface area contributed by atoms with Crippen molar-refractivity contribution < 1.29 is 9.53 Å². The van der Waals surface area contributed by atoms with Crippen LogP contribution in [0.15, 0.2) is 43.2 Å². The van der Waals surface area contributed by atoms with Crippen molar-refractivity contribution in [2.75, 3.05) is 69.3 Å². The van der Waals surface area contributed by atoms with Gasteiger partial charge in [-0.25, -0.2) is 24.6 Å². The second kappa shape index (κ2) is 11.3. The molecule has 2 aliphatic heterocycles. The van der Waals surface area contributed by atoms with Gasteiger partial charge in [-0.2, -0.15) is 5.10 Å². The number of ether oxygens (including phenoxy) is 1. The van der Waals surface area contributed by atoms with Gasteiger partial charge in [0.2, 0.25) is 11.8 Å². The minimum absolute atomic E-state index is 0.0328. The third-order valence-corrected chi connectivity index (χ3v) is 6.60. The van der Waals surface area contributed by atoms with Gasteiger partial charge < -0.3 is 24.8 Å². The Morgan fingerprint density at radius 3 is 2.58 bits per heavy atom. The Labute approximate surface area is 210 Å². The van der Waals surface area contributed by atoms with Gasteiger partial charge in [-0.15, -0.1) is 0 Å². The highest BCUT2D eigenvalue weighted by molar-refractivity contribution is 5.79. The van der Waals surface area contributed by atoms with Gasteiger partial charge in [0, 0.05) is 63.8 Å². The number of likely N-dealkylation sites (N-methyl/N-ethyl adjacent to an activating group) is 1. The van der Waals surface area contributed by atoms with Crippen molar-refractivity contribution in [1.82, 2.24) is 39.9 Å². The van der Waals surface area contributed by atoms with Crippen LogP contribution in [-0.4, -0.2) is 100.0 Å². The first kappa shape index (κ1) is 23.9. The average Bonchev–Trinajstić information content (AvgIpc) is 3.47. The molecular formula is C24H32N10O2. The van der Waals surface area contributed by atoms with Crippen LogP contribution in [0.4, 0.5) is 11.6 Å². The molecule has 0 bridgehead atoms. The monoisotopic (exact) mass is 492 g/mol. The van der Waals surface area contributed by atoms with E-state index in [1.807, 2.05) is 24.4 Å². The molecule has 12 heteroatoms. The first-order valence-corrected chi connectivity index (χ1v) is 12.4. The number of piperazine rings is 1. The van der Waals surface area contributed by atoms with Crippen LogP contribution in [0.3, 0.4) is 0 Å². The van der Waals surface area contributed by atoms with Gasteiger partial charge in [0.1, 0.15) is 30.9 Å². The van der Waals surface area contributed by atoms with Crippen LogP contribution in [0.2, 0.25) is 0 Å². The number of rotatable bonds is 8. The fraction of sp³-hybridized carbons (Fsp3) is 0.500. The van der Waals surface area contributed by atoms with Crippen LogP contribution >= 0.6 is 0 Å². The van der Waals surface area contributed by atoms with Crippen molar-refractivity contribution in [3.8, 4) is 11.7 Å². The number of carbonyl (C=O) groups excluding carboxylic acids is 1. The van der Waals surface area contributed by atoms with Crippen molar-refractivity contribution in [3.63, 3.8) is 0 Å². The van der Waals surface area contributed by atoms with E-state index in [0.29, 0.717) is 31.4 Å². The summed E-state index contributed by atoms with van der Waals surface area (Å²) >= 11 is 0. The molecule has 36 heavy (non-hydrogen) atoms. The molecule has 5 heterocycles. The highest BCUT2D eigenvalue weighted by atomic mass is 16.5. The predicted octanol–water partition coefficient (Wildman–Crippen LogP) is 0.616. The topological polar surface area (TPSA) is 117 Å². The van der Waals surface area contributed by atoms with Crippen LogP contribution in [-0.2, 0) is 4.79 Å². The molecule has 0 spiro atoms. The largest absolute Gasteiger partial charge is 0.476 e. The maximum Gasteiger partial charge on any atom is 0.225 e. The van der Waals surface area contributed by atoms with Crippen LogP contribution in [0, 0.1) is 5.92 Å². The minimum atomic E-state index is -0.107. The van der Waals surface area contributed by atoms with Gasteiger partial charge >= 0.3 is 0 Å². The van der Waals surface area contributed by atoms with Crippen molar-refractivity contribution in [2.24, 2.45) is 5.92 Å². The number of anilines is 2. The zero-order valence-corrected chi connectivity index (χ0v) is 20.5. The van der Waals surface area contributed by atoms with Crippen molar-refractivity contribution in [3.05, 3.63) is 43.2 Å². The quantitative estimate of drug-likeness (QED) is 0.448. The highest BCUT2D eigenvalue weighted by Gasteiger charge is 2.26. The lowest BCUT2D eigenvalue weighted by Crippen LogP contribution is -2.44. The molecular weight excluding hydrogens is 460 g/mol. The number of hydrogen-bond donors (Lipinski definition) is 1. The second-order valence-electron chi connectivity index (χ2n) is 9.11. The molecule has 0 saturated carbocycles. The molecule has 12 nitrogen and oxygen atoms in total. The standard InChI is InChI=1S/C24H32N10O2/c1-31-9-11-32(12-10-31)21-15-23(29-18-27-21)36-13-6-25-24(35)19-4-2-7-33(16-19)20-14-22(28-17-26-20)34-8-3-5-30-34/h3,5,8,14-15,17-19H,2,4,6-7,9-13,16H2,1H3,(H,25,35). The lowest BCUT2D eigenvalue weighted by Gasteiger charge is -2.33. The molecule has 3 aromatic rings. The van der Waals surface area contributed by atoms with Crippen LogP contribution in [0.1, 0.15) is 12.8 Å². The van der Waals surface area contributed by atoms with Gasteiger partial charge in [0.05, 0.1) is 12.5 Å². The Morgan fingerprint density at radius 2 is 1.78 bits per heavy atom. The molecule has 1 unspecified atom stereocenters. The molecule has 5 rings (SSSR count). The zero-order chi connectivity index (χ0) is 24.7. The summed E-state index contributed by atoms with van der Waals surface area (Å²) in [6.45, 7) is 6.11. The van der Waals surface area contributed by atoms with Crippen molar-refractivity contribution in [2.45, 2.75) is 12.8 Å². The van der Waals surface area contributed by atoms with E-state index in [4.69, 9.17) is 4.74 Å². The third-order valence-electron chi connectivity index (χ3n) is 6.60. The Bertz CT molecular complexity index is 1130. The van der Waals surface area contributed by atoms with E-state index >= 15 is 0 Å². The minimum Gasteiger partial charge on any atom is -0.476 e.